The molecule has 0 radical (unpaired) electrons. The monoisotopic (exact) mass is 500 g/mol. The SMILES string of the molecule is NC(=O)N(c1cccc(C(F)(F)F)c1-c1ccccc1)c1cccc(C(F)(F)F)c1-c1ccccc1. The van der Waals surface area contributed by atoms with E-state index in [0.717, 1.165) is 24.3 Å². The van der Waals surface area contributed by atoms with Gasteiger partial charge in [-0.1, -0.05) is 72.8 Å². The normalized spacial score (nSPS) is 11.8. The summed E-state index contributed by atoms with van der Waals surface area (Å²) in [5.74, 6) is 0. The highest BCUT2D eigenvalue weighted by molar-refractivity contribution is 6.06. The first kappa shape index (κ1) is 24.8. The molecule has 0 heterocycles. The third-order valence-electron chi connectivity index (χ3n) is 5.52. The predicted octanol–water partition coefficient (Wildman–Crippen LogP) is 8.28. The summed E-state index contributed by atoms with van der Waals surface area (Å²) in [6, 6.07) is 20.0. The highest BCUT2D eigenvalue weighted by Gasteiger charge is 2.39. The van der Waals surface area contributed by atoms with Gasteiger partial charge in [-0.3, -0.25) is 4.90 Å². The molecule has 0 saturated carbocycles. The van der Waals surface area contributed by atoms with E-state index in [1.54, 1.807) is 12.1 Å². The number of anilines is 2. The number of urea groups is 1. The lowest BCUT2D eigenvalue weighted by Gasteiger charge is -2.29. The van der Waals surface area contributed by atoms with Gasteiger partial charge in [0.15, 0.2) is 0 Å². The van der Waals surface area contributed by atoms with Crippen molar-refractivity contribution in [1.29, 1.82) is 0 Å². The Morgan fingerprint density at radius 1 is 0.556 bits per heavy atom. The van der Waals surface area contributed by atoms with Gasteiger partial charge < -0.3 is 5.73 Å². The van der Waals surface area contributed by atoms with Crippen molar-refractivity contribution >= 4 is 17.4 Å². The van der Waals surface area contributed by atoms with Crippen molar-refractivity contribution in [2.75, 3.05) is 4.90 Å². The zero-order chi connectivity index (χ0) is 26.1. The van der Waals surface area contributed by atoms with E-state index in [2.05, 4.69) is 0 Å². The third-order valence-corrected chi connectivity index (χ3v) is 5.52. The van der Waals surface area contributed by atoms with Crippen LogP contribution in [0.2, 0.25) is 0 Å². The van der Waals surface area contributed by atoms with Crippen LogP contribution in [0.3, 0.4) is 0 Å². The largest absolute Gasteiger partial charge is 0.417 e. The van der Waals surface area contributed by atoms with Crippen molar-refractivity contribution in [1.82, 2.24) is 0 Å². The van der Waals surface area contributed by atoms with Crippen molar-refractivity contribution < 1.29 is 31.1 Å². The van der Waals surface area contributed by atoms with Crippen LogP contribution in [-0.2, 0) is 12.4 Å². The van der Waals surface area contributed by atoms with Gasteiger partial charge >= 0.3 is 18.4 Å². The van der Waals surface area contributed by atoms with Crippen molar-refractivity contribution in [3.05, 3.63) is 108 Å². The van der Waals surface area contributed by atoms with Crippen LogP contribution in [0, 0.1) is 0 Å². The molecular formula is C27H18F6N2O. The van der Waals surface area contributed by atoms with Gasteiger partial charge in [-0.2, -0.15) is 26.3 Å². The Kier molecular flexibility index (Phi) is 6.49. The van der Waals surface area contributed by atoms with E-state index in [1.807, 2.05) is 0 Å². The number of nitrogens with zero attached hydrogens (tertiary/aromatic N) is 1. The number of primary amides is 1. The fourth-order valence-corrected chi connectivity index (χ4v) is 4.11. The third kappa shape index (κ3) is 4.77. The van der Waals surface area contributed by atoms with Crippen LogP contribution in [0.25, 0.3) is 22.3 Å². The number of carbonyl (C=O) groups is 1. The number of hydrogen-bond acceptors (Lipinski definition) is 1. The number of benzene rings is 4. The molecule has 0 fully saturated rings. The van der Waals surface area contributed by atoms with Crippen LogP contribution < -0.4 is 10.6 Å². The molecule has 0 aliphatic carbocycles. The fourth-order valence-electron chi connectivity index (χ4n) is 4.11. The van der Waals surface area contributed by atoms with Crippen molar-refractivity contribution in [3.63, 3.8) is 0 Å². The molecule has 184 valence electrons. The van der Waals surface area contributed by atoms with Crippen molar-refractivity contribution in [2.45, 2.75) is 12.4 Å². The summed E-state index contributed by atoms with van der Waals surface area (Å²) in [5.41, 5.74) is 2.34. The molecule has 2 amide bonds. The summed E-state index contributed by atoms with van der Waals surface area (Å²) in [6.07, 6.45) is -9.64. The minimum atomic E-state index is -4.82. The first-order valence-electron chi connectivity index (χ1n) is 10.6. The lowest BCUT2D eigenvalue weighted by molar-refractivity contribution is -0.137. The molecule has 0 bridgehead atoms. The van der Waals surface area contributed by atoms with Crippen LogP contribution in [-0.4, -0.2) is 6.03 Å². The van der Waals surface area contributed by atoms with Gasteiger partial charge in [-0.25, -0.2) is 4.79 Å². The number of alkyl halides is 6. The molecule has 4 rings (SSSR count). The number of rotatable bonds is 4. The first-order valence-corrected chi connectivity index (χ1v) is 10.6. The summed E-state index contributed by atoms with van der Waals surface area (Å²) in [6.45, 7) is 0. The van der Waals surface area contributed by atoms with E-state index in [0.29, 0.717) is 4.90 Å². The molecule has 0 aliphatic heterocycles. The summed E-state index contributed by atoms with van der Waals surface area (Å²) in [5, 5.41) is 0. The Morgan fingerprint density at radius 3 is 1.22 bits per heavy atom. The van der Waals surface area contributed by atoms with E-state index < -0.39 is 29.5 Å². The zero-order valence-corrected chi connectivity index (χ0v) is 18.4. The molecule has 0 unspecified atom stereocenters. The molecular weight excluding hydrogens is 482 g/mol. The number of carbonyl (C=O) groups excluding carboxylic acids is 1. The van der Waals surface area contributed by atoms with Crippen LogP contribution in [0.1, 0.15) is 11.1 Å². The Balaban J connectivity index is 2.10. The van der Waals surface area contributed by atoms with Crippen LogP contribution in [0.4, 0.5) is 42.5 Å². The summed E-state index contributed by atoms with van der Waals surface area (Å²) in [7, 11) is 0. The van der Waals surface area contributed by atoms with Crippen LogP contribution in [0.15, 0.2) is 97.1 Å². The van der Waals surface area contributed by atoms with Gasteiger partial charge in [0, 0.05) is 11.1 Å². The van der Waals surface area contributed by atoms with Gasteiger partial charge in [0.05, 0.1) is 22.5 Å². The second kappa shape index (κ2) is 9.41. The van der Waals surface area contributed by atoms with Gasteiger partial charge in [-0.15, -0.1) is 0 Å². The molecule has 0 atom stereocenters. The molecule has 0 spiro atoms. The molecule has 0 aliphatic rings. The van der Waals surface area contributed by atoms with E-state index in [-0.39, 0.29) is 33.6 Å². The molecule has 0 aromatic heterocycles. The van der Waals surface area contributed by atoms with Crippen molar-refractivity contribution in [3.8, 4) is 22.3 Å². The van der Waals surface area contributed by atoms with Gasteiger partial charge in [-0.05, 0) is 35.4 Å². The van der Waals surface area contributed by atoms with Gasteiger partial charge in [0.1, 0.15) is 0 Å². The maximum Gasteiger partial charge on any atom is 0.417 e. The number of amides is 2. The average molecular weight is 500 g/mol. The van der Waals surface area contributed by atoms with Gasteiger partial charge in [0.2, 0.25) is 0 Å². The minimum Gasteiger partial charge on any atom is -0.351 e. The summed E-state index contributed by atoms with van der Waals surface area (Å²) in [4.78, 5) is 13.5. The van der Waals surface area contributed by atoms with E-state index >= 15 is 0 Å². The zero-order valence-electron chi connectivity index (χ0n) is 18.4. The highest BCUT2D eigenvalue weighted by atomic mass is 19.4. The highest BCUT2D eigenvalue weighted by Crippen LogP contribution is 2.48. The Morgan fingerprint density at radius 2 is 0.917 bits per heavy atom. The molecule has 3 nitrogen and oxygen atoms in total. The average Bonchev–Trinajstić information content (AvgIpc) is 2.84. The minimum absolute atomic E-state index is 0.111. The first-order chi connectivity index (χ1) is 17.0. The van der Waals surface area contributed by atoms with E-state index in [9.17, 15) is 31.1 Å². The molecule has 0 saturated heterocycles. The van der Waals surface area contributed by atoms with Crippen LogP contribution >= 0.6 is 0 Å². The molecule has 4 aromatic rings. The standard InChI is InChI=1S/C27H18F6N2O/c28-26(29,30)19-13-7-15-21(23(19)17-9-3-1-4-10-17)35(25(34)36)22-16-8-14-20(27(31,32)33)24(22)18-11-5-2-6-12-18/h1-16H,(H2,34,36). The topological polar surface area (TPSA) is 46.3 Å². The Hall–Kier alpha value is -4.27. The van der Waals surface area contributed by atoms with Gasteiger partial charge in [0.25, 0.3) is 0 Å². The molecule has 2 N–H and O–H groups in total. The Labute approximate surface area is 202 Å². The molecule has 9 heteroatoms. The lowest BCUT2D eigenvalue weighted by Crippen LogP contribution is -2.33. The number of halogens is 6. The second-order valence-electron chi connectivity index (χ2n) is 7.80. The van der Waals surface area contributed by atoms with E-state index in [1.165, 1.54) is 60.7 Å². The molecule has 36 heavy (non-hydrogen) atoms. The maximum atomic E-state index is 14.1. The second-order valence-corrected chi connectivity index (χ2v) is 7.80. The molecule has 4 aromatic carbocycles. The quantitative estimate of drug-likeness (QED) is 0.282. The fraction of sp³-hybridized carbons (Fsp3) is 0.0741. The maximum absolute atomic E-state index is 14.1. The Bertz CT molecular complexity index is 1280. The number of hydrogen-bond donors (Lipinski definition) is 1. The number of nitrogens with two attached hydrogens (primary N) is 1. The van der Waals surface area contributed by atoms with Crippen molar-refractivity contribution in [2.24, 2.45) is 5.73 Å². The predicted molar refractivity (Wildman–Crippen MR) is 125 cm³/mol. The smallest absolute Gasteiger partial charge is 0.351 e. The summed E-state index contributed by atoms with van der Waals surface area (Å²) >= 11 is 0. The van der Waals surface area contributed by atoms with Crippen LogP contribution in [0.5, 0.6) is 0 Å². The summed E-state index contributed by atoms with van der Waals surface area (Å²) < 4.78 is 84.4. The van der Waals surface area contributed by atoms with E-state index in [4.69, 9.17) is 5.73 Å². The lowest BCUT2D eigenvalue weighted by atomic mass is 9.93.